The summed E-state index contributed by atoms with van der Waals surface area (Å²) in [5, 5.41) is 3.26. The van der Waals surface area contributed by atoms with Crippen molar-refractivity contribution in [2.24, 2.45) is 0 Å². The van der Waals surface area contributed by atoms with E-state index in [-0.39, 0.29) is 16.6 Å². The second-order valence-corrected chi connectivity index (χ2v) is 8.06. The number of hydrogen-bond acceptors (Lipinski definition) is 5. The second-order valence-electron chi connectivity index (χ2n) is 6.17. The Bertz CT molecular complexity index is 874. The minimum absolute atomic E-state index is 0.0648. The zero-order valence-electron chi connectivity index (χ0n) is 14.9. The lowest BCUT2D eigenvalue weighted by Crippen LogP contribution is -2.48. The van der Waals surface area contributed by atoms with Crippen LogP contribution < -0.4 is 5.32 Å². The van der Waals surface area contributed by atoms with Crippen molar-refractivity contribution >= 4 is 16.0 Å². The highest BCUT2D eigenvalue weighted by Gasteiger charge is 2.35. The molecular formula is C18H23N3O4S. The Kier molecular flexibility index (Phi) is 5.45. The van der Waals surface area contributed by atoms with Crippen LogP contribution in [0.4, 0.5) is 0 Å². The first-order valence-corrected chi connectivity index (χ1v) is 9.99. The summed E-state index contributed by atoms with van der Waals surface area (Å²) in [6.07, 6.45) is 2.27. The molecule has 0 aliphatic carbocycles. The number of piperazine rings is 1. The van der Waals surface area contributed by atoms with Crippen molar-refractivity contribution < 1.29 is 17.9 Å². The standard InChI is InChI=1S/C18H23N3O4S/c1-3-13-4-6-14(7-5-13)17-12-19-8-9-21(17)26(23,24)15-10-16(20-11-15)18(22)25-2/h4-7,10-11,17,19-20H,3,8-9,12H2,1-2H3. The van der Waals surface area contributed by atoms with Gasteiger partial charge in [-0.05, 0) is 23.6 Å². The molecule has 1 atom stereocenters. The van der Waals surface area contributed by atoms with Crippen molar-refractivity contribution in [2.45, 2.75) is 24.3 Å². The van der Waals surface area contributed by atoms with Gasteiger partial charge in [0.15, 0.2) is 0 Å². The molecular weight excluding hydrogens is 354 g/mol. The predicted octanol–water partition coefficient (Wildman–Crippen LogP) is 1.70. The van der Waals surface area contributed by atoms with Crippen molar-refractivity contribution in [1.29, 1.82) is 0 Å². The number of hydrogen-bond donors (Lipinski definition) is 2. The van der Waals surface area contributed by atoms with E-state index < -0.39 is 16.0 Å². The SMILES string of the molecule is CCc1ccc(C2CNCCN2S(=O)(=O)c2c[nH]c(C(=O)OC)c2)cc1. The molecule has 3 rings (SSSR count). The minimum Gasteiger partial charge on any atom is -0.464 e. The molecule has 1 unspecified atom stereocenters. The number of sulfonamides is 1. The molecule has 1 aliphatic rings. The molecule has 0 bridgehead atoms. The molecule has 26 heavy (non-hydrogen) atoms. The number of aryl methyl sites for hydroxylation is 1. The third-order valence-corrected chi connectivity index (χ3v) is 6.52. The van der Waals surface area contributed by atoms with Crippen LogP contribution in [0.2, 0.25) is 0 Å². The predicted molar refractivity (Wildman–Crippen MR) is 97.5 cm³/mol. The van der Waals surface area contributed by atoms with Crippen LogP contribution in [0.1, 0.15) is 34.6 Å². The highest BCUT2D eigenvalue weighted by molar-refractivity contribution is 7.89. The molecule has 2 N–H and O–H groups in total. The molecule has 140 valence electrons. The molecule has 1 fully saturated rings. The molecule has 2 heterocycles. The Hall–Kier alpha value is -2.16. The number of carbonyl (C=O) groups excluding carboxylic acids is 1. The number of aromatic amines is 1. The Labute approximate surface area is 153 Å². The minimum atomic E-state index is -3.74. The first-order valence-electron chi connectivity index (χ1n) is 8.55. The number of aromatic nitrogens is 1. The van der Waals surface area contributed by atoms with Crippen LogP contribution in [0.5, 0.6) is 0 Å². The lowest BCUT2D eigenvalue weighted by molar-refractivity contribution is 0.0594. The van der Waals surface area contributed by atoms with Gasteiger partial charge in [-0.3, -0.25) is 0 Å². The normalized spacial score (nSPS) is 18.6. The molecule has 0 spiro atoms. The number of nitrogens with one attached hydrogen (secondary N) is 2. The van der Waals surface area contributed by atoms with Gasteiger partial charge < -0.3 is 15.0 Å². The number of methoxy groups -OCH3 is 1. The smallest absolute Gasteiger partial charge is 0.354 e. The second kappa shape index (κ2) is 7.61. The molecule has 2 aromatic rings. The van der Waals surface area contributed by atoms with Crippen molar-refractivity contribution in [3.05, 3.63) is 53.3 Å². The summed E-state index contributed by atoms with van der Waals surface area (Å²) in [5.41, 5.74) is 2.27. The van der Waals surface area contributed by atoms with Crippen LogP contribution >= 0.6 is 0 Å². The maximum Gasteiger partial charge on any atom is 0.354 e. The third kappa shape index (κ3) is 3.53. The number of nitrogens with zero attached hydrogens (tertiary/aromatic N) is 1. The summed E-state index contributed by atoms with van der Waals surface area (Å²) >= 11 is 0. The summed E-state index contributed by atoms with van der Waals surface area (Å²) < 4.78 is 32.4. The van der Waals surface area contributed by atoms with E-state index >= 15 is 0 Å². The first kappa shape index (κ1) is 18.6. The lowest BCUT2D eigenvalue weighted by Gasteiger charge is -2.35. The van der Waals surface area contributed by atoms with Crippen LogP contribution in [0.3, 0.4) is 0 Å². The molecule has 1 aliphatic heterocycles. The summed E-state index contributed by atoms with van der Waals surface area (Å²) in [5.74, 6) is -0.599. The Morgan fingerprint density at radius 1 is 1.31 bits per heavy atom. The molecule has 1 aromatic heterocycles. The fraction of sp³-hybridized carbons (Fsp3) is 0.389. The largest absolute Gasteiger partial charge is 0.464 e. The number of esters is 1. The van der Waals surface area contributed by atoms with E-state index in [0.29, 0.717) is 19.6 Å². The first-order chi connectivity index (χ1) is 12.5. The van der Waals surface area contributed by atoms with Crippen LogP contribution in [-0.4, -0.2) is 50.4 Å². The summed E-state index contributed by atoms with van der Waals surface area (Å²) in [6.45, 7) is 3.57. The summed E-state index contributed by atoms with van der Waals surface area (Å²) in [7, 11) is -2.49. The maximum atomic E-state index is 13.1. The zero-order chi connectivity index (χ0) is 18.7. The van der Waals surface area contributed by atoms with E-state index in [1.54, 1.807) is 0 Å². The van der Waals surface area contributed by atoms with Crippen LogP contribution in [0.25, 0.3) is 0 Å². The quantitative estimate of drug-likeness (QED) is 0.774. The fourth-order valence-corrected chi connectivity index (χ4v) is 4.73. The van der Waals surface area contributed by atoms with E-state index in [1.807, 2.05) is 24.3 Å². The van der Waals surface area contributed by atoms with Gasteiger partial charge in [0.1, 0.15) is 10.6 Å². The van der Waals surface area contributed by atoms with Gasteiger partial charge >= 0.3 is 5.97 Å². The van der Waals surface area contributed by atoms with E-state index in [9.17, 15) is 13.2 Å². The van der Waals surface area contributed by atoms with E-state index in [1.165, 1.54) is 29.2 Å². The maximum absolute atomic E-state index is 13.1. The average molecular weight is 377 g/mol. The summed E-state index contributed by atoms with van der Waals surface area (Å²) in [6, 6.07) is 9.05. The lowest BCUT2D eigenvalue weighted by atomic mass is 10.0. The highest BCUT2D eigenvalue weighted by atomic mass is 32.2. The summed E-state index contributed by atoms with van der Waals surface area (Å²) in [4.78, 5) is 14.3. The molecule has 7 nitrogen and oxygen atoms in total. The van der Waals surface area contributed by atoms with Gasteiger partial charge in [0, 0.05) is 25.8 Å². The number of H-pyrrole nitrogens is 1. The van der Waals surface area contributed by atoms with Crippen molar-refractivity contribution in [3.63, 3.8) is 0 Å². The van der Waals surface area contributed by atoms with E-state index in [0.717, 1.165) is 12.0 Å². The zero-order valence-corrected chi connectivity index (χ0v) is 15.7. The Morgan fingerprint density at radius 3 is 2.69 bits per heavy atom. The number of ether oxygens (including phenoxy) is 1. The van der Waals surface area contributed by atoms with Gasteiger partial charge in [-0.2, -0.15) is 4.31 Å². The van der Waals surface area contributed by atoms with Gasteiger partial charge in [0.25, 0.3) is 0 Å². The highest BCUT2D eigenvalue weighted by Crippen LogP contribution is 2.29. The number of carbonyl (C=O) groups is 1. The van der Waals surface area contributed by atoms with Gasteiger partial charge in [0.05, 0.1) is 13.2 Å². The number of benzene rings is 1. The Balaban J connectivity index is 1.92. The molecule has 1 saturated heterocycles. The topological polar surface area (TPSA) is 91.5 Å². The van der Waals surface area contributed by atoms with Crippen LogP contribution in [0, 0.1) is 0 Å². The Morgan fingerprint density at radius 2 is 2.04 bits per heavy atom. The van der Waals surface area contributed by atoms with E-state index in [4.69, 9.17) is 0 Å². The van der Waals surface area contributed by atoms with Gasteiger partial charge in [-0.25, -0.2) is 13.2 Å². The van der Waals surface area contributed by atoms with Gasteiger partial charge in [-0.15, -0.1) is 0 Å². The molecule has 0 saturated carbocycles. The van der Waals surface area contributed by atoms with Gasteiger partial charge in [0.2, 0.25) is 10.0 Å². The molecule has 0 radical (unpaired) electrons. The fourth-order valence-electron chi connectivity index (χ4n) is 3.12. The molecule has 0 amide bonds. The van der Waals surface area contributed by atoms with Crippen molar-refractivity contribution in [3.8, 4) is 0 Å². The van der Waals surface area contributed by atoms with Crippen LogP contribution in [0.15, 0.2) is 41.4 Å². The van der Waals surface area contributed by atoms with E-state index in [2.05, 4.69) is 22.0 Å². The average Bonchev–Trinajstić information content (AvgIpc) is 3.18. The van der Waals surface area contributed by atoms with Crippen molar-refractivity contribution in [2.75, 3.05) is 26.7 Å². The van der Waals surface area contributed by atoms with Crippen molar-refractivity contribution in [1.82, 2.24) is 14.6 Å². The third-order valence-electron chi connectivity index (χ3n) is 4.64. The van der Waals surface area contributed by atoms with Crippen LogP contribution in [-0.2, 0) is 21.2 Å². The number of rotatable bonds is 5. The monoisotopic (exact) mass is 377 g/mol. The molecule has 8 heteroatoms. The molecule has 1 aromatic carbocycles. The van der Waals surface area contributed by atoms with Gasteiger partial charge in [-0.1, -0.05) is 31.2 Å².